The third-order valence-corrected chi connectivity index (χ3v) is 3.26. The van der Waals surface area contributed by atoms with Gasteiger partial charge in [-0.05, 0) is 32.0 Å². The second-order valence-corrected chi connectivity index (χ2v) is 4.68. The van der Waals surface area contributed by atoms with Crippen molar-refractivity contribution in [3.63, 3.8) is 0 Å². The lowest BCUT2D eigenvalue weighted by Crippen LogP contribution is -2.07. The molecule has 0 aliphatic carbocycles. The largest absolute Gasteiger partial charge is 0.496 e. The third-order valence-electron chi connectivity index (χ3n) is 2.38. The normalized spacial score (nSPS) is 11.4. The molecule has 0 unspecified atom stereocenters. The van der Waals surface area contributed by atoms with Crippen molar-refractivity contribution < 1.29 is 9.53 Å². The van der Waals surface area contributed by atoms with Crippen LogP contribution in [0.4, 0.5) is 0 Å². The fourth-order valence-corrected chi connectivity index (χ4v) is 2.21. The summed E-state index contributed by atoms with van der Waals surface area (Å²) in [4.78, 5) is 15.4. The lowest BCUT2D eigenvalue weighted by molar-refractivity contribution is 0.101. The van der Waals surface area contributed by atoms with Crippen molar-refractivity contribution in [3.05, 3.63) is 29.3 Å². The Bertz CT molecular complexity index is 458. The Hall–Kier alpha value is -1.49. The van der Waals surface area contributed by atoms with E-state index in [0.717, 1.165) is 11.3 Å². The van der Waals surface area contributed by atoms with Crippen LogP contribution in [0.5, 0.6) is 5.75 Å². The Morgan fingerprint density at radius 1 is 1.50 bits per heavy atom. The second-order valence-electron chi connectivity index (χ2n) is 3.68. The van der Waals surface area contributed by atoms with Crippen LogP contribution in [-0.2, 0) is 5.75 Å². The summed E-state index contributed by atoms with van der Waals surface area (Å²) in [6.45, 7) is 4.15. The van der Waals surface area contributed by atoms with Crippen LogP contribution in [0.2, 0.25) is 0 Å². The van der Waals surface area contributed by atoms with E-state index in [1.165, 1.54) is 11.8 Å². The standard InChI is InChI=1S/C13H18N2O2S/c1-4-15-13(14)18-8-11-7-10(9(2)16)5-6-12(11)17-3/h5-7H,4,8H2,1-3H3,(H2,14,15). The number of carbonyl (C=O) groups excluding carboxylic acids is 1. The number of carbonyl (C=O) groups is 1. The predicted molar refractivity (Wildman–Crippen MR) is 76.5 cm³/mol. The Balaban J connectivity index is 2.88. The van der Waals surface area contributed by atoms with Crippen molar-refractivity contribution in [1.82, 2.24) is 0 Å². The number of nitrogens with zero attached hydrogens (tertiary/aromatic N) is 1. The number of amidine groups is 1. The molecule has 1 rings (SSSR count). The van der Waals surface area contributed by atoms with Crippen LogP contribution >= 0.6 is 11.8 Å². The highest BCUT2D eigenvalue weighted by molar-refractivity contribution is 8.13. The third kappa shape index (κ3) is 4.07. The molecule has 2 N–H and O–H groups in total. The summed E-state index contributed by atoms with van der Waals surface area (Å²) in [6, 6.07) is 5.41. The van der Waals surface area contributed by atoms with Crippen molar-refractivity contribution in [1.29, 1.82) is 0 Å². The van der Waals surface area contributed by atoms with Gasteiger partial charge in [0.25, 0.3) is 0 Å². The van der Waals surface area contributed by atoms with Gasteiger partial charge in [0.15, 0.2) is 11.0 Å². The first-order valence-corrected chi connectivity index (χ1v) is 6.67. The maximum Gasteiger partial charge on any atom is 0.159 e. The zero-order valence-corrected chi connectivity index (χ0v) is 11.7. The number of ether oxygens (including phenoxy) is 1. The quantitative estimate of drug-likeness (QED) is 0.505. The molecule has 5 heteroatoms. The summed E-state index contributed by atoms with van der Waals surface area (Å²) >= 11 is 1.44. The number of rotatable bonds is 5. The lowest BCUT2D eigenvalue weighted by Gasteiger charge is -2.09. The van der Waals surface area contributed by atoms with Gasteiger partial charge >= 0.3 is 0 Å². The highest BCUT2D eigenvalue weighted by atomic mass is 32.2. The van der Waals surface area contributed by atoms with E-state index in [-0.39, 0.29) is 5.78 Å². The van der Waals surface area contributed by atoms with Gasteiger partial charge in [0, 0.05) is 23.4 Å². The average Bonchev–Trinajstić information content (AvgIpc) is 2.36. The van der Waals surface area contributed by atoms with Gasteiger partial charge in [-0.2, -0.15) is 0 Å². The maximum absolute atomic E-state index is 11.3. The zero-order chi connectivity index (χ0) is 13.5. The number of hydrogen-bond donors (Lipinski definition) is 1. The molecule has 1 aromatic carbocycles. The molecule has 18 heavy (non-hydrogen) atoms. The molecule has 0 atom stereocenters. The van der Waals surface area contributed by atoms with E-state index in [4.69, 9.17) is 10.5 Å². The van der Waals surface area contributed by atoms with E-state index in [1.54, 1.807) is 26.2 Å². The SMILES string of the molecule is CCN=C(N)SCc1cc(C(C)=O)ccc1OC. The van der Waals surface area contributed by atoms with Crippen LogP contribution in [0, 0.1) is 0 Å². The van der Waals surface area contributed by atoms with Crippen molar-refractivity contribution >= 4 is 22.7 Å². The molecule has 0 saturated carbocycles. The molecule has 98 valence electrons. The first-order valence-electron chi connectivity index (χ1n) is 5.69. The Labute approximate surface area is 112 Å². The summed E-state index contributed by atoms with van der Waals surface area (Å²) in [5.41, 5.74) is 7.35. The van der Waals surface area contributed by atoms with E-state index in [0.29, 0.717) is 23.0 Å². The van der Waals surface area contributed by atoms with Crippen molar-refractivity contribution in [2.45, 2.75) is 19.6 Å². The first-order chi connectivity index (χ1) is 8.58. The van der Waals surface area contributed by atoms with E-state index < -0.39 is 0 Å². The van der Waals surface area contributed by atoms with Gasteiger partial charge in [0.2, 0.25) is 0 Å². The lowest BCUT2D eigenvalue weighted by atomic mass is 10.1. The van der Waals surface area contributed by atoms with Gasteiger partial charge in [0.05, 0.1) is 7.11 Å². The molecule has 0 heterocycles. The smallest absolute Gasteiger partial charge is 0.159 e. The van der Waals surface area contributed by atoms with E-state index >= 15 is 0 Å². The summed E-state index contributed by atoms with van der Waals surface area (Å²) in [5, 5.41) is 0.549. The van der Waals surface area contributed by atoms with E-state index in [1.807, 2.05) is 13.0 Å². The number of aliphatic imine (C=N–C) groups is 1. The highest BCUT2D eigenvalue weighted by Crippen LogP contribution is 2.24. The number of methoxy groups -OCH3 is 1. The number of nitrogens with two attached hydrogens (primary N) is 1. The van der Waals surface area contributed by atoms with Gasteiger partial charge in [-0.15, -0.1) is 0 Å². The molecule has 0 radical (unpaired) electrons. The van der Waals surface area contributed by atoms with E-state index in [9.17, 15) is 4.79 Å². The van der Waals surface area contributed by atoms with Crippen LogP contribution in [-0.4, -0.2) is 24.6 Å². The first kappa shape index (κ1) is 14.6. The van der Waals surface area contributed by atoms with Crippen molar-refractivity contribution in [2.75, 3.05) is 13.7 Å². The van der Waals surface area contributed by atoms with Crippen molar-refractivity contribution in [3.8, 4) is 5.75 Å². The summed E-state index contributed by atoms with van der Waals surface area (Å²) in [5.74, 6) is 1.44. The molecular weight excluding hydrogens is 248 g/mol. The Morgan fingerprint density at radius 3 is 2.78 bits per heavy atom. The number of Topliss-reactive ketones (excluding diaryl/α,β-unsaturated/α-hetero) is 1. The topological polar surface area (TPSA) is 64.7 Å². The van der Waals surface area contributed by atoms with Gasteiger partial charge in [-0.3, -0.25) is 9.79 Å². The molecule has 0 saturated heterocycles. The Morgan fingerprint density at radius 2 is 2.22 bits per heavy atom. The minimum atomic E-state index is 0.0408. The predicted octanol–water partition coefficient (Wildman–Crippen LogP) is 2.47. The van der Waals surface area contributed by atoms with Gasteiger partial charge < -0.3 is 10.5 Å². The van der Waals surface area contributed by atoms with Gasteiger partial charge in [-0.1, -0.05) is 11.8 Å². The van der Waals surface area contributed by atoms with Crippen LogP contribution in [0.25, 0.3) is 0 Å². The van der Waals surface area contributed by atoms with Crippen molar-refractivity contribution in [2.24, 2.45) is 10.7 Å². The minimum absolute atomic E-state index is 0.0408. The molecule has 0 bridgehead atoms. The Kier molecular flexibility index (Phi) is 5.71. The number of benzene rings is 1. The molecule has 0 aromatic heterocycles. The molecule has 0 aliphatic heterocycles. The van der Waals surface area contributed by atoms with Gasteiger partial charge in [0.1, 0.15) is 5.75 Å². The highest BCUT2D eigenvalue weighted by Gasteiger charge is 2.08. The summed E-state index contributed by atoms with van der Waals surface area (Å²) < 4.78 is 5.27. The number of hydrogen-bond acceptors (Lipinski definition) is 4. The molecule has 1 aromatic rings. The van der Waals surface area contributed by atoms with E-state index in [2.05, 4.69) is 4.99 Å². The van der Waals surface area contributed by atoms with Crippen LogP contribution in [0.3, 0.4) is 0 Å². The average molecular weight is 266 g/mol. The molecule has 0 spiro atoms. The van der Waals surface area contributed by atoms with Crippen LogP contribution in [0.15, 0.2) is 23.2 Å². The molecule has 0 amide bonds. The van der Waals surface area contributed by atoms with Crippen LogP contribution < -0.4 is 10.5 Å². The van der Waals surface area contributed by atoms with Gasteiger partial charge in [-0.25, -0.2) is 0 Å². The fraction of sp³-hybridized carbons (Fsp3) is 0.385. The molecular formula is C13H18N2O2S. The fourth-order valence-electron chi connectivity index (χ4n) is 1.46. The second kappa shape index (κ2) is 7.06. The molecule has 0 aliphatic rings. The summed E-state index contributed by atoms with van der Waals surface area (Å²) in [7, 11) is 1.61. The molecule has 4 nitrogen and oxygen atoms in total. The monoisotopic (exact) mass is 266 g/mol. The number of ketones is 1. The minimum Gasteiger partial charge on any atom is -0.496 e. The maximum atomic E-state index is 11.3. The zero-order valence-electron chi connectivity index (χ0n) is 10.9. The number of thioether (sulfide) groups is 1. The summed E-state index contributed by atoms with van der Waals surface area (Å²) in [6.07, 6.45) is 0. The molecule has 0 fully saturated rings. The van der Waals surface area contributed by atoms with Crippen LogP contribution in [0.1, 0.15) is 29.8 Å².